The SMILES string of the molecule is Cc1ccc(C(C)CCC(C)c2cccc(C(C)C)n2)nc1. The molecule has 2 atom stereocenters. The predicted octanol–water partition coefficient (Wildman–Crippen LogP) is 5.60. The van der Waals surface area contributed by atoms with Gasteiger partial charge in [-0.05, 0) is 61.3 Å². The van der Waals surface area contributed by atoms with Crippen LogP contribution in [-0.4, -0.2) is 9.97 Å². The van der Waals surface area contributed by atoms with Gasteiger partial charge in [-0.15, -0.1) is 0 Å². The van der Waals surface area contributed by atoms with E-state index in [0.717, 1.165) is 12.8 Å². The molecule has 0 fully saturated rings. The van der Waals surface area contributed by atoms with Crippen molar-refractivity contribution >= 4 is 0 Å². The summed E-state index contributed by atoms with van der Waals surface area (Å²) < 4.78 is 0. The van der Waals surface area contributed by atoms with Gasteiger partial charge in [0.05, 0.1) is 0 Å². The highest BCUT2D eigenvalue weighted by Gasteiger charge is 2.13. The molecule has 2 unspecified atom stereocenters. The second-order valence-corrected chi connectivity index (χ2v) is 6.78. The first-order valence-corrected chi connectivity index (χ1v) is 8.36. The second-order valence-electron chi connectivity index (χ2n) is 6.78. The highest BCUT2D eigenvalue weighted by Crippen LogP contribution is 2.26. The van der Waals surface area contributed by atoms with Crippen LogP contribution >= 0.6 is 0 Å². The van der Waals surface area contributed by atoms with E-state index < -0.39 is 0 Å². The zero-order valence-corrected chi connectivity index (χ0v) is 14.5. The minimum Gasteiger partial charge on any atom is -0.261 e. The number of hydrogen-bond acceptors (Lipinski definition) is 2. The van der Waals surface area contributed by atoms with Crippen LogP contribution in [0.5, 0.6) is 0 Å². The lowest BCUT2D eigenvalue weighted by atomic mass is 9.93. The molecule has 2 aromatic heterocycles. The predicted molar refractivity (Wildman–Crippen MR) is 93.4 cm³/mol. The van der Waals surface area contributed by atoms with Crippen molar-refractivity contribution in [3.63, 3.8) is 0 Å². The smallest absolute Gasteiger partial charge is 0.0435 e. The Hall–Kier alpha value is -1.70. The summed E-state index contributed by atoms with van der Waals surface area (Å²) in [6, 6.07) is 10.7. The summed E-state index contributed by atoms with van der Waals surface area (Å²) in [5.74, 6) is 1.48. The molecule has 0 aromatic carbocycles. The number of pyridine rings is 2. The fraction of sp³-hybridized carbons (Fsp3) is 0.500. The molecular formula is C20H28N2. The molecule has 2 rings (SSSR count). The van der Waals surface area contributed by atoms with E-state index in [9.17, 15) is 0 Å². The molecule has 2 nitrogen and oxygen atoms in total. The summed E-state index contributed by atoms with van der Waals surface area (Å²) in [7, 11) is 0. The quantitative estimate of drug-likeness (QED) is 0.693. The van der Waals surface area contributed by atoms with E-state index >= 15 is 0 Å². The number of nitrogens with zero attached hydrogens (tertiary/aromatic N) is 2. The van der Waals surface area contributed by atoms with Gasteiger partial charge in [0.15, 0.2) is 0 Å². The van der Waals surface area contributed by atoms with Crippen LogP contribution in [0.25, 0.3) is 0 Å². The van der Waals surface area contributed by atoms with Gasteiger partial charge in [0.1, 0.15) is 0 Å². The maximum Gasteiger partial charge on any atom is 0.0435 e. The molecular weight excluding hydrogens is 268 g/mol. The lowest BCUT2D eigenvalue weighted by Crippen LogP contribution is -2.04. The van der Waals surface area contributed by atoms with Gasteiger partial charge in [-0.2, -0.15) is 0 Å². The normalized spacial score (nSPS) is 14.1. The molecule has 0 aliphatic carbocycles. The minimum absolute atomic E-state index is 0.489. The Kier molecular flexibility index (Phi) is 5.70. The molecule has 0 N–H and O–H groups in total. The van der Waals surface area contributed by atoms with Gasteiger partial charge in [-0.3, -0.25) is 9.97 Å². The molecule has 2 aromatic rings. The van der Waals surface area contributed by atoms with Gasteiger partial charge in [-0.25, -0.2) is 0 Å². The van der Waals surface area contributed by atoms with Crippen molar-refractivity contribution in [2.24, 2.45) is 0 Å². The Morgan fingerprint density at radius 1 is 0.818 bits per heavy atom. The van der Waals surface area contributed by atoms with E-state index in [2.05, 4.69) is 69.9 Å². The van der Waals surface area contributed by atoms with E-state index in [-0.39, 0.29) is 0 Å². The van der Waals surface area contributed by atoms with Gasteiger partial charge in [-0.1, -0.05) is 39.8 Å². The summed E-state index contributed by atoms with van der Waals surface area (Å²) in [6.07, 6.45) is 4.25. The molecule has 0 aliphatic rings. The van der Waals surface area contributed by atoms with Crippen molar-refractivity contribution in [1.29, 1.82) is 0 Å². The van der Waals surface area contributed by atoms with Crippen LogP contribution in [-0.2, 0) is 0 Å². The fourth-order valence-electron chi connectivity index (χ4n) is 2.63. The third-order valence-corrected chi connectivity index (χ3v) is 4.36. The summed E-state index contributed by atoms with van der Waals surface area (Å²) >= 11 is 0. The maximum atomic E-state index is 4.82. The summed E-state index contributed by atoms with van der Waals surface area (Å²) in [5, 5.41) is 0. The van der Waals surface area contributed by atoms with E-state index in [4.69, 9.17) is 4.98 Å². The van der Waals surface area contributed by atoms with Crippen LogP contribution in [0, 0.1) is 6.92 Å². The lowest BCUT2D eigenvalue weighted by Gasteiger charge is -2.16. The monoisotopic (exact) mass is 296 g/mol. The van der Waals surface area contributed by atoms with E-state index in [1.54, 1.807) is 0 Å². The van der Waals surface area contributed by atoms with Gasteiger partial charge in [0, 0.05) is 23.3 Å². The van der Waals surface area contributed by atoms with Crippen LogP contribution in [0.15, 0.2) is 36.5 Å². The molecule has 118 valence electrons. The van der Waals surface area contributed by atoms with Crippen molar-refractivity contribution in [1.82, 2.24) is 9.97 Å². The fourth-order valence-corrected chi connectivity index (χ4v) is 2.63. The molecule has 0 aliphatic heterocycles. The molecule has 0 saturated heterocycles. The molecule has 0 bridgehead atoms. The van der Waals surface area contributed by atoms with Gasteiger partial charge in [0.25, 0.3) is 0 Å². The van der Waals surface area contributed by atoms with Gasteiger partial charge < -0.3 is 0 Å². The Bertz CT molecular complexity index is 587. The van der Waals surface area contributed by atoms with Gasteiger partial charge >= 0.3 is 0 Å². The van der Waals surface area contributed by atoms with E-state index in [0.29, 0.717) is 17.8 Å². The first-order valence-electron chi connectivity index (χ1n) is 8.36. The Morgan fingerprint density at radius 3 is 2.05 bits per heavy atom. The molecule has 0 saturated carbocycles. The van der Waals surface area contributed by atoms with Crippen LogP contribution in [0.1, 0.15) is 80.9 Å². The minimum atomic E-state index is 0.489. The first kappa shape index (κ1) is 16.7. The molecule has 2 heterocycles. The zero-order chi connectivity index (χ0) is 16.1. The topological polar surface area (TPSA) is 25.8 Å². The molecule has 2 heteroatoms. The standard InChI is InChI=1S/C20H28N2/c1-14(2)18-7-6-8-20(22-18)17(5)11-10-16(4)19-12-9-15(3)13-21-19/h6-9,12-14,16-17H,10-11H2,1-5H3. The average molecular weight is 296 g/mol. The Labute approximate surface area is 135 Å². The first-order chi connectivity index (χ1) is 10.5. The van der Waals surface area contributed by atoms with Gasteiger partial charge in [0.2, 0.25) is 0 Å². The third kappa shape index (κ3) is 4.40. The van der Waals surface area contributed by atoms with Crippen molar-refractivity contribution in [3.05, 3.63) is 59.2 Å². The van der Waals surface area contributed by atoms with Crippen molar-refractivity contribution in [3.8, 4) is 0 Å². The maximum absolute atomic E-state index is 4.82. The van der Waals surface area contributed by atoms with Crippen LogP contribution in [0.4, 0.5) is 0 Å². The highest BCUT2D eigenvalue weighted by atomic mass is 14.7. The second kappa shape index (κ2) is 7.53. The third-order valence-electron chi connectivity index (χ3n) is 4.36. The molecule has 0 spiro atoms. The number of aromatic nitrogens is 2. The summed E-state index contributed by atoms with van der Waals surface area (Å²) in [5.41, 5.74) is 4.83. The summed E-state index contributed by atoms with van der Waals surface area (Å²) in [4.78, 5) is 9.37. The number of aryl methyl sites for hydroxylation is 1. The Balaban J connectivity index is 1.96. The molecule has 22 heavy (non-hydrogen) atoms. The van der Waals surface area contributed by atoms with Crippen LogP contribution in [0.2, 0.25) is 0 Å². The van der Waals surface area contributed by atoms with Crippen molar-refractivity contribution in [2.75, 3.05) is 0 Å². The Morgan fingerprint density at radius 2 is 1.45 bits per heavy atom. The average Bonchev–Trinajstić information content (AvgIpc) is 2.53. The van der Waals surface area contributed by atoms with Crippen LogP contribution in [0.3, 0.4) is 0 Å². The van der Waals surface area contributed by atoms with Crippen LogP contribution < -0.4 is 0 Å². The van der Waals surface area contributed by atoms with E-state index in [1.165, 1.54) is 22.6 Å². The zero-order valence-electron chi connectivity index (χ0n) is 14.5. The summed E-state index contributed by atoms with van der Waals surface area (Å²) in [6.45, 7) is 11.0. The van der Waals surface area contributed by atoms with Crippen molar-refractivity contribution in [2.45, 2.75) is 65.2 Å². The molecule has 0 amide bonds. The largest absolute Gasteiger partial charge is 0.261 e. The molecule has 0 radical (unpaired) electrons. The highest BCUT2D eigenvalue weighted by molar-refractivity contribution is 5.17. The number of rotatable bonds is 6. The van der Waals surface area contributed by atoms with E-state index in [1.807, 2.05) is 6.20 Å². The number of hydrogen-bond donors (Lipinski definition) is 0. The van der Waals surface area contributed by atoms with Crippen molar-refractivity contribution < 1.29 is 0 Å². The lowest BCUT2D eigenvalue weighted by molar-refractivity contribution is 0.555.